The van der Waals surface area contributed by atoms with Gasteiger partial charge in [-0.2, -0.15) is 0 Å². The van der Waals surface area contributed by atoms with Crippen LogP contribution in [0.3, 0.4) is 0 Å². The summed E-state index contributed by atoms with van der Waals surface area (Å²) in [6.07, 6.45) is -0.296. The molecule has 1 aromatic carbocycles. The van der Waals surface area contributed by atoms with E-state index in [0.29, 0.717) is 34.9 Å². The van der Waals surface area contributed by atoms with Gasteiger partial charge >= 0.3 is 0 Å². The second-order valence-electron chi connectivity index (χ2n) is 8.72. The number of amides is 1. The van der Waals surface area contributed by atoms with Crippen LogP contribution in [0.1, 0.15) is 17.4 Å². The number of anilines is 1. The van der Waals surface area contributed by atoms with Gasteiger partial charge in [-0.1, -0.05) is 12.1 Å². The third-order valence-corrected chi connectivity index (χ3v) is 6.17. The lowest BCUT2D eigenvalue weighted by Crippen LogP contribution is -2.41. The summed E-state index contributed by atoms with van der Waals surface area (Å²) >= 11 is 0. The van der Waals surface area contributed by atoms with Crippen LogP contribution < -0.4 is 15.4 Å². The van der Waals surface area contributed by atoms with E-state index in [2.05, 4.69) is 20.6 Å². The zero-order valence-corrected chi connectivity index (χ0v) is 20.5. The maximum absolute atomic E-state index is 12.2. The first kappa shape index (κ1) is 24.6. The van der Waals surface area contributed by atoms with Crippen LogP contribution >= 0.6 is 0 Å². The third kappa shape index (κ3) is 4.69. The predicted octanol–water partition coefficient (Wildman–Crippen LogP) is 1.18. The van der Waals surface area contributed by atoms with E-state index < -0.39 is 30.4 Å². The number of rotatable bonds is 7. The second-order valence-corrected chi connectivity index (χ2v) is 8.72. The van der Waals surface area contributed by atoms with Crippen molar-refractivity contribution in [1.29, 1.82) is 0 Å². The highest BCUT2D eigenvalue weighted by molar-refractivity contribution is 5.85. The standard InChI is InChI=1S/C25H27N7O5/c1-13-7-15(11-27-9-13)21-30-22(28-10-14-5-4-6-16(8-14)36-3)17-23(31-21)32(12-29-17)25-19(34)18(33)20(37-25)24(35)26-2/h4-9,11-12,18-20,25,33-34H,10H2,1-3H3,(H,26,35)(H,28,30,31). The molecule has 0 spiro atoms. The van der Waals surface area contributed by atoms with Crippen LogP contribution in [0, 0.1) is 6.92 Å². The number of carbonyl (C=O) groups excluding carboxylic acids is 1. The zero-order valence-electron chi connectivity index (χ0n) is 20.5. The zero-order chi connectivity index (χ0) is 26.1. The minimum absolute atomic E-state index is 0.355. The lowest BCUT2D eigenvalue weighted by atomic mass is 10.1. The number of imidazole rings is 1. The summed E-state index contributed by atoms with van der Waals surface area (Å²) in [5.74, 6) is 1.04. The second kappa shape index (κ2) is 10.1. The van der Waals surface area contributed by atoms with Crippen molar-refractivity contribution in [2.24, 2.45) is 0 Å². The van der Waals surface area contributed by atoms with Crippen molar-refractivity contribution in [2.75, 3.05) is 19.5 Å². The molecule has 4 atom stereocenters. The summed E-state index contributed by atoms with van der Waals surface area (Å²) in [6, 6.07) is 9.55. The molecule has 0 aliphatic carbocycles. The van der Waals surface area contributed by atoms with Crippen molar-refractivity contribution in [1.82, 2.24) is 29.8 Å². The molecule has 0 radical (unpaired) electrons. The summed E-state index contributed by atoms with van der Waals surface area (Å²) in [6.45, 7) is 2.35. The van der Waals surface area contributed by atoms with E-state index >= 15 is 0 Å². The lowest BCUT2D eigenvalue weighted by Gasteiger charge is -2.17. The molecule has 0 saturated carbocycles. The molecule has 12 heteroatoms. The topological polar surface area (TPSA) is 157 Å². The Hall–Kier alpha value is -4.13. The molecule has 192 valence electrons. The molecule has 1 aliphatic rings. The number of methoxy groups -OCH3 is 1. The minimum Gasteiger partial charge on any atom is -0.497 e. The summed E-state index contributed by atoms with van der Waals surface area (Å²) in [5, 5.41) is 26.9. The summed E-state index contributed by atoms with van der Waals surface area (Å²) in [7, 11) is 3.04. The van der Waals surface area contributed by atoms with Crippen molar-refractivity contribution in [2.45, 2.75) is 38.0 Å². The van der Waals surface area contributed by atoms with Gasteiger partial charge in [-0.15, -0.1) is 0 Å². The van der Waals surface area contributed by atoms with Crippen LogP contribution in [-0.2, 0) is 16.1 Å². The molecule has 1 amide bonds. The summed E-state index contributed by atoms with van der Waals surface area (Å²) < 4.78 is 12.6. The molecule has 0 bridgehead atoms. The summed E-state index contributed by atoms with van der Waals surface area (Å²) in [4.78, 5) is 30.3. The molecule has 4 aromatic rings. The number of nitrogens with zero attached hydrogens (tertiary/aromatic N) is 5. The maximum atomic E-state index is 12.2. The molecule has 12 nitrogen and oxygen atoms in total. The number of aromatic nitrogens is 5. The van der Waals surface area contributed by atoms with E-state index in [4.69, 9.17) is 19.4 Å². The highest BCUT2D eigenvalue weighted by Crippen LogP contribution is 2.33. The van der Waals surface area contributed by atoms with Gasteiger partial charge in [-0.05, 0) is 36.2 Å². The Bertz CT molecular complexity index is 1440. The van der Waals surface area contributed by atoms with Crippen molar-refractivity contribution < 1.29 is 24.5 Å². The SMILES string of the molecule is CNC(=O)C1OC(n2cnc3c(NCc4cccc(OC)c4)nc(-c4cncc(C)c4)nc32)C(O)C1O. The van der Waals surface area contributed by atoms with E-state index in [9.17, 15) is 15.0 Å². The Balaban J connectivity index is 1.57. The number of hydrogen-bond acceptors (Lipinski definition) is 10. The van der Waals surface area contributed by atoms with Crippen LogP contribution in [0.25, 0.3) is 22.6 Å². The van der Waals surface area contributed by atoms with E-state index in [1.807, 2.05) is 37.3 Å². The molecule has 4 heterocycles. The molecule has 1 aliphatic heterocycles. The highest BCUT2D eigenvalue weighted by atomic mass is 16.6. The number of likely N-dealkylation sites (N-methyl/N-ethyl adjacent to an activating group) is 1. The van der Waals surface area contributed by atoms with Crippen molar-refractivity contribution in [3.8, 4) is 17.1 Å². The number of aryl methyl sites for hydroxylation is 1. The fraction of sp³-hybridized carbons (Fsp3) is 0.320. The largest absolute Gasteiger partial charge is 0.497 e. The molecule has 5 rings (SSSR count). The number of ether oxygens (including phenoxy) is 2. The van der Waals surface area contributed by atoms with Crippen LogP contribution in [0.4, 0.5) is 5.82 Å². The minimum atomic E-state index is -1.42. The number of nitrogens with one attached hydrogen (secondary N) is 2. The fourth-order valence-electron chi connectivity index (χ4n) is 4.25. The highest BCUT2D eigenvalue weighted by Gasteiger charge is 2.47. The normalized spacial score (nSPS) is 21.2. The molecule has 37 heavy (non-hydrogen) atoms. The first-order chi connectivity index (χ1) is 17.9. The quantitative estimate of drug-likeness (QED) is 0.288. The van der Waals surface area contributed by atoms with Gasteiger partial charge in [0, 0.05) is 31.5 Å². The Morgan fingerprint density at radius 3 is 2.78 bits per heavy atom. The van der Waals surface area contributed by atoms with Gasteiger partial charge in [-0.25, -0.2) is 15.0 Å². The average molecular weight is 506 g/mol. The molecule has 1 saturated heterocycles. The average Bonchev–Trinajstić information content (AvgIpc) is 3.47. The molecular formula is C25H27N7O5. The van der Waals surface area contributed by atoms with Crippen LogP contribution in [0.2, 0.25) is 0 Å². The molecular weight excluding hydrogens is 478 g/mol. The van der Waals surface area contributed by atoms with Gasteiger partial charge in [0.1, 0.15) is 18.0 Å². The van der Waals surface area contributed by atoms with Crippen molar-refractivity contribution >= 4 is 22.9 Å². The number of carbonyl (C=O) groups is 1. The number of aliphatic hydroxyl groups is 2. The molecule has 3 aromatic heterocycles. The first-order valence-electron chi connectivity index (χ1n) is 11.7. The van der Waals surface area contributed by atoms with E-state index in [1.54, 1.807) is 19.5 Å². The Morgan fingerprint density at radius 2 is 2.03 bits per heavy atom. The molecule has 4 N–H and O–H groups in total. The van der Waals surface area contributed by atoms with Gasteiger partial charge in [-0.3, -0.25) is 14.3 Å². The van der Waals surface area contributed by atoms with Gasteiger partial charge in [0.2, 0.25) is 0 Å². The van der Waals surface area contributed by atoms with Crippen LogP contribution in [0.5, 0.6) is 5.75 Å². The number of pyridine rings is 1. The predicted molar refractivity (Wildman–Crippen MR) is 134 cm³/mol. The van der Waals surface area contributed by atoms with Gasteiger partial charge in [0.05, 0.1) is 13.4 Å². The monoisotopic (exact) mass is 505 g/mol. The smallest absolute Gasteiger partial charge is 0.251 e. The third-order valence-electron chi connectivity index (χ3n) is 6.17. The van der Waals surface area contributed by atoms with Crippen molar-refractivity contribution in [3.05, 3.63) is 60.2 Å². The first-order valence-corrected chi connectivity index (χ1v) is 11.7. The van der Waals surface area contributed by atoms with Crippen LogP contribution in [0.15, 0.2) is 49.1 Å². The maximum Gasteiger partial charge on any atom is 0.251 e. The lowest BCUT2D eigenvalue weighted by molar-refractivity contribution is -0.137. The Kier molecular flexibility index (Phi) is 6.70. The number of fused-ring (bicyclic) bond motifs is 1. The fourth-order valence-corrected chi connectivity index (χ4v) is 4.25. The van der Waals surface area contributed by atoms with Gasteiger partial charge in [0.15, 0.2) is 35.1 Å². The van der Waals surface area contributed by atoms with E-state index in [1.165, 1.54) is 17.9 Å². The number of aliphatic hydroxyl groups excluding tert-OH is 2. The molecule has 4 unspecified atom stereocenters. The van der Waals surface area contributed by atoms with E-state index in [-0.39, 0.29) is 0 Å². The molecule has 1 fully saturated rings. The van der Waals surface area contributed by atoms with Crippen LogP contribution in [-0.4, -0.2) is 73.1 Å². The van der Waals surface area contributed by atoms with Gasteiger partial charge < -0.3 is 30.3 Å². The van der Waals surface area contributed by atoms with Crippen molar-refractivity contribution in [3.63, 3.8) is 0 Å². The van der Waals surface area contributed by atoms with Gasteiger partial charge in [0.25, 0.3) is 5.91 Å². The Labute approximate surface area is 212 Å². The Morgan fingerprint density at radius 1 is 1.19 bits per heavy atom. The number of hydrogen-bond donors (Lipinski definition) is 4. The summed E-state index contributed by atoms with van der Waals surface area (Å²) in [5.41, 5.74) is 3.38. The van der Waals surface area contributed by atoms with E-state index in [0.717, 1.165) is 16.9 Å². The number of benzene rings is 1.